The van der Waals surface area contributed by atoms with Crippen molar-refractivity contribution < 1.29 is 14.5 Å². The lowest BCUT2D eigenvalue weighted by atomic mass is 10.2. The lowest BCUT2D eigenvalue weighted by Gasteiger charge is -2.05. The van der Waals surface area contributed by atoms with Gasteiger partial charge in [0.25, 0.3) is 17.5 Å². The molecule has 0 atom stereocenters. The van der Waals surface area contributed by atoms with E-state index in [1.54, 1.807) is 0 Å². The van der Waals surface area contributed by atoms with Gasteiger partial charge >= 0.3 is 0 Å². The summed E-state index contributed by atoms with van der Waals surface area (Å²) in [7, 11) is 0. The maximum Gasteiger partial charge on any atom is 0.270 e. The summed E-state index contributed by atoms with van der Waals surface area (Å²) in [6.07, 6.45) is 0. The minimum Gasteiger partial charge on any atom is -0.272 e. The third-order valence-corrected chi connectivity index (χ3v) is 2.00. The number of rotatable bonds is 3. The zero-order valence-electron chi connectivity index (χ0n) is 8.47. The Balaban J connectivity index is 2.72. The van der Waals surface area contributed by atoms with Crippen LogP contribution in [-0.2, 0) is 4.79 Å². The molecule has 1 aromatic rings. The summed E-state index contributed by atoms with van der Waals surface area (Å²) in [4.78, 5) is 32.1. The predicted octanol–water partition coefficient (Wildman–Crippen LogP) is 0.595. The van der Waals surface area contributed by atoms with Gasteiger partial charge in [-0.3, -0.25) is 30.6 Å². The van der Waals surface area contributed by atoms with Crippen LogP contribution in [0.4, 0.5) is 5.69 Å². The zero-order valence-corrected chi connectivity index (χ0v) is 9.23. The third kappa shape index (κ3) is 3.72. The minimum atomic E-state index is -0.660. The van der Waals surface area contributed by atoms with Gasteiger partial charge in [-0.1, -0.05) is 6.07 Å². The number of carbonyl (C=O) groups is 2. The number of alkyl halides is 1. The summed E-state index contributed by atoms with van der Waals surface area (Å²) >= 11 is 5.20. The Morgan fingerprint density at radius 1 is 1.35 bits per heavy atom. The molecule has 2 N–H and O–H groups in total. The van der Waals surface area contributed by atoms with E-state index in [0.29, 0.717) is 0 Å². The number of amides is 2. The van der Waals surface area contributed by atoms with E-state index in [2.05, 4.69) is 5.43 Å². The van der Waals surface area contributed by atoms with Crippen LogP contribution in [-0.4, -0.2) is 22.6 Å². The van der Waals surface area contributed by atoms with Gasteiger partial charge < -0.3 is 0 Å². The van der Waals surface area contributed by atoms with Crippen molar-refractivity contribution in [2.45, 2.75) is 0 Å². The highest BCUT2D eigenvalue weighted by atomic mass is 35.5. The average Bonchev–Trinajstić information content (AvgIpc) is 2.35. The molecule has 7 nitrogen and oxygen atoms in total. The molecule has 0 radical (unpaired) electrons. The molecule has 2 amide bonds. The van der Waals surface area contributed by atoms with Gasteiger partial charge in [0.05, 0.1) is 4.92 Å². The van der Waals surface area contributed by atoms with Crippen molar-refractivity contribution in [2.75, 3.05) is 5.88 Å². The van der Waals surface area contributed by atoms with E-state index >= 15 is 0 Å². The summed E-state index contributed by atoms with van der Waals surface area (Å²) in [5, 5.41) is 10.5. The Hall–Kier alpha value is -2.15. The molecule has 90 valence electrons. The van der Waals surface area contributed by atoms with Crippen LogP contribution in [0.2, 0.25) is 0 Å². The fraction of sp³-hybridized carbons (Fsp3) is 0.111. The van der Waals surface area contributed by atoms with Gasteiger partial charge in [-0.2, -0.15) is 0 Å². The average molecular weight is 258 g/mol. The molecule has 0 aromatic heterocycles. The van der Waals surface area contributed by atoms with Crippen molar-refractivity contribution >= 4 is 29.1 Å². The van der Waals surface area contributed by atoms with Gasteiger partial charge in [0.2, 0.25) is 0 Å². The van der Waals surface area contributed by atoms with Crippen molar-refractivity contribution in [3.05, 3.63) is 39.9 Å². The molecule has 1 aromatic carbocycles. The molecule has 0 unspecified atom stereocenters. The Kier molecular flexibility index (Phi) is 4.41. The van der Waals surface area contributed by atoms with Gasteiger partial charge in [0.15, 0.2) is 0 Å². The van der Waals surface area contributed by atoms with E-state index in [4.69, 9.17) is 11.6 Å². The van der Waals surface area contributed by atoms with E-state index in [9.17, 15) is 19.7 Å². The van der Waals surface area contributed by atoms with Crippen LogP contribution in [0.25, 0.3) is 0 Å². The van der Waals surface area contributed by atoms with Gasteiger partial charge in [-0.25, -0.2) is 0 Å². The van der Waals surface area contributed by atoms with E-state index in [1.807, 2.05) is 5.43 Å². The first-order valence-electron chi connectivity index (χ1n) is 4.44. The maximum atomic E-state index is 11.4. The minimum absolute atomic E-state index is 0.0640. The van der Waals surface area contributed by atoms with E-state index < -0.39 is 16.7 Å². The molecule has 0 aliphatic heterocycles. The summed E-state index contributed by atoms with van der Waals surface area (Å²) in [6.45, 7) is 0. The second-order valence-corrected chi connectivity index (χ2v) is 3.21. The number of nitro groups is 1. The van der Waals surface area contributed by atoms with Crippen molar-refractivity contribution in [1.82, 2.24) is 10.9 Å². The van der Waals surface area contributed by atoms with Crippen LogP contribution in [0, 0.1) is 10.1 Å². The first kappa shape index (κ1) is 12.9. The highest BCUT2D eigenvalue weighted by Crippen LogP contribution is 2.12. The fourth-order valence-corrected chi connectivity index (χ4v) is 1.06. The Morgan fingerprint density at radius 3 is 2.65 bits per heavy atom. The second kappa shape index (κ2) is 5.80. The van der Waals surface area contributed by atoms with Gasteiger partial charge in [0, 0.05) is 17.7 Å². The molecule has 0 fully saturated rings. The summed E-state index contributed by atoms with van der Waals surface area (Å²) < 4.78 is 0. The molecular formula is C9H8ClN3O4. The monoisotopic (exact) mass is 257 g/mol. The normalized spacial score (nSPS) is 9.47. The van der Waals surface area contributed by atoms with Crippen LogP contribution in [0.5, 0.6) is 0 Å². The van der Waals surface area contributed by atoms with Gasteiger partial charge in [-0.05, 0) is 6.07 Å². The van der Waals surface area contributed by atoms with E-state index in [-0.39, 0.29) is 17.1 Å². The van der Waals surface area contributed by atoms with Crippen molar-refractivity contribution in [3.63, 3.8) is 0 Å². The number of nitrogens with one attached hydrogen (secondary N) is 2. The number of hydrogen-bond donors (Lipinski definition) is 2. The van der Waals surface area contributed by atoms with Crippen LogP contribution in [0.3, 0.4) is 0 Å². The molecule has 0 spiro atoms. The smallest absolute Gasteiger partial charge is 0.270 e. The lowest BCUT2D eigenvalue weighted by Crippen LogP contribution is -2.42. The van der Waals surface area contributed by atoms with Crippen LogP contribution < -0.4 is 10.9 Å². The van der Waals surface area contributed by atoms with Crippen LogP contribution in [0.1, 0.15) is 10.4 Å². The molecule has 0 aliphatic carbocycles. The second-order valence-electron chi connectivity index (χ2n) is 2.94. The number of non-ortho nitro benzene ring substituents is 1. The summed E-state index contributed by atoms with van der Waals surface area (Å²) in [5.41, 5.74) is 3.97. The van der Waals surface area contributed by atoms with Gasteiger partial charge in [0.1, 0.15) is 5.88 Å². The highest BCUT2D eigenvalue weighted by molar-refractivity contribution is 6.27. The first-order valence-corrected chi connectivity index (χ1v) is 4.97. The van der Waals surface area contributed by atoms with Crippen molar-refractivity contribution in [3.8, 4) is 0 Å². The third-order valence-electron chi connectivity index (χ3n) is 1.76. The molecule has 0 bridgehead atoms. The number of hydrazine groups is 1. The SMILES string of the molecule is O=C(CCl)NNC(=O)c1cccc([N+](=O)[O-])c1. The molecule has 8 heteroatoms. The zero-order chi connectivity index (χ0) is 12.8. The van der Waals surface area contributed by atoms with Gasteiger partial charge in [-0.15, -0.1) is 11.6 Å². The van der Waals surface area contributed by atoms with Crippen LogP contribution in [0.15, 0.2) is 24.3 Å². The lowest BCUT2D eigenvalue weighted by molar-refractivity contribution is -0.384. The summed E-state index contributed by atoms with van der Waals surface area (Å²) in [5.74, 6) is -1.53. The number of halogens is 1. The van der Waals surface area contributed by atoms with Crippen molar-refractivity contribution in [2.24, 2.45) is 0 Å². The standard InChI is InChI=1S/C9H8ClN3O4/c10-5-8(14)11-12-9(15)6-2-1-3-7(4-6)13(16)17/h1-4H,5H2,(H,11,14)(H,12,15). The highest BCUT2D eigenvalue weighted by Gasteiger charge is 2.11. The Bertz CT molecular complexity index is 463. The quantitative estimate of drug-likeness (QED) is 0.470. The molecule has 0 saturated carbocycles. The molecule has 0 heterocycles. The summed E-state index contributed by atoms with van der Waals surface area (Å²) in [6, 6.07) is 5.11. The number of nitrogens with zero attached hydrogens (tertiary/aromatic N) is 1. The largest absolute Gasteiger partial charge is 0.272 e. The Morgan fingerprint density at radius 2 is 2.06 bits per heavy atom. The molecular weight excluding hydrogens is 250 g/mol. The number of benzene rings is 1. The molecule has 17 heavy (non-hydrogen) atoms. The molecule has 0 aliphatic rings. The van der Waals surface area contributed by atoms with E-state index in [0.717, 1.165) is 6.07 Å². The van der Waals surface area contributed by atoms with Crippen molar-refractivity contribution in [1.29, 1.82) is 0 Å². The maximum absolute atomic E-state index is 11.4. The fourth-order valence-electron chi connectivity index (χ4n) is 0.993. The Labute approximate surface area is 101 Å². The molecule has 1 rings (SSSR count). The number of nitro benzene ring substituents is 1. The molecule has 0 saturated heterocycles. The van der Waals surface area contributed by atoms with E-state index in [1.165, 1.54) is 18.2 Å². The van der Waals surface area contributed by atoms with Crippen LogP contribution >= 0.6 is 11.6 Å². The predicted molar refractivity (Wildman–Crippen MR) is 59.4 cm³/mol. The first-order chi connectivity index (χ1) is 8.04. The topological polar surface area (TPSA) is 101 Å². The number of hydrogen-bond acceptors (Lipinski definition) is 4. The number of carbonyl (C=O) groups excluding carboxylic acids is 2.